The van der Waals surface area contributed by atoms with E-state index in [9.17, 15) is 19.5 Å². The van der Waals surface area contributed by atoms with Gasteiger partial charge in [0.25, 0.3) is 0 Å². The topological polar surface area (TPSA) is 102 Å². The molecule has 1 aromatic carbocycles. The van der Waals surface area contributed by atoms with Crippen LogP contribution in [0.4, 0.5) is 0 Å². The fourth-order valence-electron chi connectivity index (χ4n) is 3.29. The van der Waals surface area contributed by atoms with Gasteiger partial charge in [-0.25, -0.2) is 9.59 Å². The van der Waals surface area contributed by atoms with E-state index in [4.69, 9.17) is 32.7 Å². The summed E-state index contributed by atoms with van der Waals surface area (Å²) in [6, 6.07) is 4.79. The molecule has 0 aliphatic carbocycles. The highest BCUT2D eigenvalue weighted by Gasteiger charge is 2.39. The number of carbonyl (C=O) groups excluding carboxylic acids is 2. The van der Waals surface area contributed by atoms with Crippen LogP contribution in [0.3, 0.4) is 0 Å². The Labute approximate surface area is 184 Å². The van der Waals surface area contributed by atoms with Crippen molar-refractivity contribution in [3.05, 3.63) is 56.3 Å². The van der Waals surface area contributed by atoms with E-state index in [1.54, 1.807) is 32.0 Å². The van der Waals surface area contributed by atoms with Crippen LogP contribution in [-0.4, -0.2) is 29.3 Å². The van der Waals surface area contributed by atoms with Gasteiger partial charge in [-0.15, -0.1) is 0 Å². The predicted molar refractivity (Wildman–Crippen MR) is 112 cm³/mol. The monoisotopic (exact) mass is 455 g/mol. The molecule has 0 aromatic heterocycles. The average Bonchev–Trinajstić information content (AvgIpc) is 2.62. The Hall–Kier alpha value is -2.51. The lowest BCUT2D eigenvalue weighted by Gasteiger charge is -2.30. The van der Waals surface area contributed by atoms with Gasteiger partial charge in [0.1, 0.15) is 0 Å². The Balaban J connectivity index is 2.48. The van der Waals surface area contributed by atoms with Crippen LogP contribution in [0, 0.1) is 0 Å². The van der Waals surface area contributed by atoms with Crippen molar-refractivity contribution in [2.45, 2.75) is 52.7 Å². The van der Waals surface area contributed by atoms with Crippen molar-refractivity contribution in [2.75, 3.05) is 0 Å². The first kappa shape index (κ1) is 23.8. The molecular formula is C21H23Cl2NO6. The Morgan fingerprint density at radius 1 is 1.13 bits per heavy atom. The maximum absolute atomic E-state index is 13.0. The molecule has 1 aliphatic heterocycles. The molecule has 9 heteroatoms. The van der Waals surface area contributed by atoms with E-state index in [-0.39, 0.29) is 27.6 Å². The molecule has 2 rings (SSSR count). The largest absolute Gasteiger partial charge is 0.478 e. The maximum Gasteiger partial charge on any atom is 0.339 e. The lowest BCUT2D eigenvalue weighted by atomic mass is 9.80. The standard InChI is InChI=1S/C21H23Cl2NO6/c1-5-7-15(25)29-12(4)30-21(28)17-11(3)24-10(2)16(20(26)27)18(17)13-8-6-9-14(22)19(13)23/h6,8-9,12,18,24H,5,7H2,1-4H3,(H,26,27). The Morgan fingerprint density at radius 2 is 1.77 bits per heavy atom. The number of nitrogens with one attached hydrogen (secondary N) is 1. The zero-order chi connectivity index (χ0) is 22.6. The Bertz CT molecular complexity index is 937. The summed E-state index contributed by atoms with van der Waals surface area (Å²) in [5.74, 6) is -3.58. The Morgan fingerprint density at radius 3 is 2.37 bits per heavy atom. The van der Waals surface area contributed by atoms with Crippen molar-refractivity contribution in [2.24, 2.45) is 0 Å². The second kappa shape index (κ2) is 10.00. The van der Waals surface area contributed by atoms with Crippen LogP contribution >= 0.6 is 23.2 Å². The third-order valence-corrected chi connectivity index (χ3v) is 5.36. The number of dihydropyridines is 1. The summed E-state index contributed by atoms with van der Waals surface area (Å²) in [6.07, 6.45) is -0.362. The average molecular weight is 456 g/mol. The number of ether oxygens (including phenoxy) is 2. The molecular weight excluding hydrogens is 433 g/mol. The molecule has 0 spiro atoms. The van der Waals surface area contributed by atoms with Gasteiger partial charge in [0.15, 0.2) is 0 Å². The summed E-state index contributed by atoms with van der Waals surface area (Å²) in [6.45, 7) is 6.45. The smallest absolute Gasteiger partial charge is 0.339 e. The number of esters is 2. The first-order valence-electron chi connectivity index (χ1n) is 9.34. The molecule has 0 radical (unpaired) electrons. The molecule has 1 aliphatic rings. The highest BCUT2D eigenvalue weighted by atomic mass is 35.5. The number of carboxylic acid groups (broad SMARTS) is 1. The first-order chi connectivity index (χ1) is 14.1. The quantitative estimate of drug-likeness (QED) is 0.459. The molecule has 1 aromatic rings. The lowest BCUT2D eigenvalue weighted by molar-refractivity contribution is -0.181. The van der Waals surface area contributed by atoms with Gasteiger partial charge in [0.2, 0.25) is 6.29 Å². The molecule has 0 amide bonds. The second-order valence-corrected chi connectivity index (χ2v) is 7.58. The first-order valence-corrected chi connectivity index (χ1v) is 10.1. The van der Waals surface area contributed by atoms with E-state index in [2.05, 4.69) is 5.32 Å². The lowest BCUT2D eigenvalue weighted by Crippen LogP contribution is -2.33. The molecule has 0 saturated carbocycles. The molecule has 2 N–H and O–H groups in total. The van der Waals surface area contributed by atoms with Gasteiger partial charge in [0.05, 0.1) is 27.1 Å². The van der Waals surface area contributed by atoms with E-state index in [0.29, 0.717) is 23.4 Å². The third kappa shape index (κ3) is 5.15. The number of hydrogen-bond donors (Lipinski definition) is 2. The van der Waals surface area contributed by atoms with Gasteiger partial charge in [-0.2, -0.15) is 0 Å². The number of carbonyl (C=O) groups is 3. The van der Waals surface area contributed by atoms with E-state index in [0.717, 1.165) is 0 Å². The minimum Gasteiger partial charge on any atom is -0.478 e. The highest BCUT2D eigenvalue weighted by molar-refractivity contribution is 6.42. The molecule has 30 heavy (non-hydrogen) atoms. The third-order valence-electron chi connectivity index (χ3n) is 4.53. The van der Waals surface area contributed by atoms with E-state index in [1.807, 2.05) is 6.92 Å². The van der Waals surface area contributed by atoms with Crippen LogP contribution in [0.25, 0.3) is 0 Å². The summed E-state index contributed by atoms with van der Waals surface area (Å²) in [4.78, 5) is 36.7. The fourth-order valence-corrected chi connectivity index (χ4v) is 3.71. The van der Waals surface area contributed by atoms with Crippen LogP contribution in [0.1, 0.15) is 52.0 Å². The minimum atomic E-state index is -1.22. The van der Waals surface area contributed by atoms with Crippen molar-refractivity contribution < 1.29 is 29.0 Å². The molecule has 2 unspecified atom stereocenters. The van der Waals surface area contributed by atoms with Crippen molar-refractivity contribution in [3.63, 3.8) is 0 Å². The van der Waals surface area contributed by atoms with Crippen LogP contribution in [-0.2, 0) is 23.9 Å². The number of hydrogen-bond acceptors (Lipinski definition) is 6. The maximum atomic E-state index is 13.0. The van der Waals surface area contributed by atoms with Gasteiger partial charge in [-0.1, -0.05) is 42.3 Å². The number of aliphatic carboxylic acids is 1. The van der Waals surface area contributed by atoms with Gasteiger partial charge in [-0.05, 0) is 31.9 Å². The summed E-state index contributed by atoms with van der Waals surface area (Å²) < 4.78 is 10.4. The second-order valence-electron chi connectivity index (χ2n) is 6.80. The van der Waals surface area contributed by atoms with Gasteiger partial charge < -0.3 is 19.9 Å². The number of carboxylic acids is 1. The Kier molecular flexibility index (Phi) is 7.92. The number of benzene rings is 1. The van der Waals surface area contributed by atoms with Crippen LogP contribution in [0.2, 0.25) is 10.0 Å². The molecule has 0 fully saturated rings. The summed E-state index contributed by atoms with van der Waals surface area (Å²) in [5, 5.41) is 13.1. The van der Waals surface area contributed by atoms with Crippen LogP contribution < -0.4 is 5.32 Å². The van der Waals surface area contributed by atoms with Gasteiger partial charge >= 0.3 is 17.9 Å². The van der Waals surface area contributed by atoms with Crippen molar-refractivity contribution in [3.8, 4) is 0 Å². The number of halogens is 2. The predicted octanol–water partition coefficient (Wildman–Crippen LogP) is 4.55. The zero-order valence-corrected chi connectivity index (χ0v) is 18.6. The van der Waals surface area contributed by atoms with Gasteiger partial charge in [-0.3, -0.25) is 4.79 Å². The molecule has 1 heterocycles. The number of allylic oxidation sites excluding steroid dienone is 2. The van der Waals surface area contributed by atoms with Crippen LogP contribution in [0.15, 0.2) is 40.7 Å². The molecule has 0 bridgehead atoms. The van der Waals surface area contributed by atoms with Crippen molar-refractivity contribution in [1.29, 1.82) is 0 Å². The fraction of sp³-hybridized carbons (Fsp3) is 0.381. The molecule has 7 nitrogen and oxygen atoms in total. The van der Waals surface area contributed by atoms with E-state index >= 15 is 0 Å². The summed E-state index contributed by atoms with van der Waals surface area (Å²) in [7, 11) is 0. The van der Waals surface area contributed by atoms with E-state index in [1.165, 1.54) is 6.92 Å². The zero-order valence-electron chi connectivity index (χ0n) is 17.0. The normalized spacial score (nSPS) is 17.3. The van der Waals surface area contributed by atoms with Gasteiger partial charge in [0, 0.05) is 24.7 Å². The number of rotatable bonds is 7. The summed E-state index contributed by atoms with van der Waals surface area (Å²) in [5.41, 5.74) is 1.09. The van der Waals surface area contributed by atoms with Crippen molar-refractivity contribution >= 4 is 41.1 Å². The molecule has 0 saturated heterocycles. The van der Waals surface area contributed by atoms with Crippen LogP contribution in [0.5, 0.6) is 0 Å². The van der Waals surface area contributed by atoms with E-state index < -0.39 is 30.1 Å². The minimum absolute atomic E-state index is 0.0422. The molecule has 2 atom stereocenters. The summed E-state index contributed by atoms with van der Waals surface area (Å²) >= 11 is 12.5. The molecule has 162 valence electrons. The highest BCUT2D eigenvalue weighted by Crippen LogP contribution is 2.43. The SMILES string of the molecule is CCCC(=O)OC(C)OC(=O)C1=C(C)NC(C)=C(C(=O)O)C1c1cccc(Cl)c1Cl. The van der Waals surface area contributed by atoms with Crippen molar-refractivity contribution in [1.82, 2.24) is 5.32 Å².